The molecule has 0 bridgehead atoms. The van der Waals surface area contributed by atoms with Crippen LogP contribution in [-0.2, 0) is 4.74 Å². The lowest BCUT2D eigenvalue weighted by Crippen LogP contribution is -2.53. The standard InChI is InChI=1S/C7H15NO3/c1-4-6(2-9)11-3-5(8)7(4)10/h4-7,9-10H,2-3,8H2,1H3/t4-,5?,6?,7?/m1/s1. The highest BCUT2D eigenvalue weighted by Gasteiger charge is 2.33. The molecule has 4 atom stereocenters. The molecule has 4 nitrogen and oxygen atoms in total. The maximum atomic E-state index is 9.43. The molecule has 3 unspecified atom stereocenters. The molecule has 0 amide bonds. The number of rotatable bonds is 1. The third-order valence-corrected chi connectivity index (χ3v) is 2.25. The van der Waals surface area contributed by atoms with Crippen LogP contribution in [0.4, 0.5) is 0 Å². The minimum absolute atomic E-state index is 0.0506. The smallest absolute Gasteiger partial charge is 0.0857 e. The molecule has 66 valence electrons. The molecule has 1 fully saturated rings. The Hall–Kier alpha value is -0.160. The van der Waals surface area contributed by atoms with E-state index in [9.17, 15) is 5.11 Å². The van der Waals surface area contributed by atoms with E-state index < -0.39 is 6.10 Å². The summed E-state index contributed by atoms with van der Waals surface area (Å²) in [5.74, 6) is -0.0799. The van der Waals surface area contributed by atoms with E-state index in [0.717, 1.165) is 0 Å². The van der Waals surface area contributed by atoms with Gasteiger partial charge in [-0.15, -0.1) is 0 Å². The van der Waals surface area contributed by atoms with Gasteiger partial charge in [-0.2, -0.15) is 0 Å². The van der Waals surface area contributed by atoms with Gasteiger partial charge in [0, 0.05) is 5.92 Å². The molecule has 1 heterocycles. The predicted molar refractivity (Wildman–Crippen MR) is 40.0 cm³/mol. The Morgan fingerprint density at radius 3 is 2.82 bits per heavy atom. The summed E-state index contributed by atoms with van der Waals surface area (Å²) in [7, 11) is 0. The Bertz CT molecular complexity index is 129. The van der Waals surface area contributed by atoms with Crippen LogP contribution in [0.15, 0.2) is 0 Å². The van der Waals surface area contributed by atoms with Crippen molar-refractivity contribution in [1.82, 2.24) is 0 Å². The molecule has 1 aliphatic rings. The largest absolute Gasteiger partial charge is 0.394 e. The van der Waals surface area contributed by atoms with Gasteiger partial charge >= 0.3 is 0 Å². The van der Waals surface area contributed by atoms with Gasteiger partial charge in [0.25, 0.3) is 0 Å². The van der Waals surface area contributed by atoms with Gasteiger partial charge < -0.3 is 20.7 Å². The zero-order valence-corrected chi connectivity index (χ0v) is 6.60. The lowest BCUT2D eigenvalue weighted by atomic mass is 9.91. The van der Waals surface area contributed by atoms with Crippen molar-refractivity contribution in [2.24, 2.45) is 11.7 Å². The van der Waals surface area contributed by atoms with Gasteiger partial charge in [-0.1, -0.05) is 6.92 Å². The van der Waals surface area contributed by atoms with E-state index in [1.54, 1.807) is 0 Å². The van der Waals surface area contributed by atoms with Crippen molar-refractivity contribution in [3.63, 3.8) is 0 Å². The highest BCUT2D eigenvalue weighted by molar-refractivity contribution is 4.85. The van der Waals surface area contributed by atoms with Gasteiger partial charge in [-0.3, -0.25) is 0 Å². The Kier molecular flexibility index (Phi) is 2.84. The maximum Gasteiger partial charge on any atom is 0.0857 e. The minimum atomic E-state index is -0.555. The molecule has 0 aromatic rings. The average Bonchev–Trinajstić information content (AvgIpc) is 2.01. The summed E-state index contributed by atoms with van der Waals surface area (Å²) in [6.45, 7) is 2.10. The fraction of sp³-hybridized carbons (Fsp3) is 1.00. The Balaban J connectivity index is 2.52. The number of aliphatic hydroxyl groups is 2. The van der Waals surface area contributed by atoms with E-state index in [1.165, 1.54) is 0 Å². The van der Waals surface area contributed by atoms with E-state index in [4.69, 9.17) is 15.6 Å². The summed E-state index contributed by atoms with van der Waals surface area (Å²) in [6.07, 6.45) is -0.814. The van der Waals surface area contributed by atoms with Crippen molar-refractivity contribution in [2.45, 2.75) is 25.2 Å². The highest BCUT2D eigenvalue weighted by atomic mass is 16.5. The molecule has 0 saturated carbocycles. The summed E-state index contributed by atoms with van der Waals surface area (Å²) >= 11 is 0. The lowest BCUT2D eigenvalue weighted by Gasteiger charge is -2.36. The van der Waals surface area contributed by atoms with E-state index in [-0.39, 0.29) is 24.7 Å². The first-order chi connectivity index (χ1) is 5.16. The van der Waals surface area contributed by atoms with Crippen molar-refractivity contribution in [3.05, 3.63) is 0 Å². The monoisotopic (exact) mass is 161 g/mol. The van der Waals surface area contributed by atoms with E-state index in [0.29, 0.717) is 6.61 Å². The molecule has 11 heavy (non-hydrogen) atoms. The molecule has 1 aliphatic heterocycles. The topological polar surface area (TPSA) is 75.7 Å². The van der Waals surface area contributed by atoms with Crippen LogP contribution < -0.4 is 5.73 Å². The minimum Gasteiger partial charge on any atom is -0.394 e. The summed E-state index contributed by atoms with van der Waals surface area (Å²) in [5.41, 5.74) is 5.53. The van der Waals surface area contributed by atoms with Crippen molar-refractivity contribution < 1.29 is 14.9 Å². The zero-order chi connectivity index (χ0) is 8.43. The number of nitrogens with two attached hydrogens (primary N) is 1. The second-order valence-corrected chi connectivity index (χ2v) is 3.07. The second-order valence-electron chi connectivity index (χ2n) is 3.07. The van der Waals surface area contributed by atoms with Crippen molar-refractivity contribution in [3.8, 4) is 0 Å². The number of hydrogen-bond donors (Lipinski definition) is 3. The molecule has 1 rings (SSSR count). The average molecular weight is 161 g/mol. The number of aliphatic hydroxyl groups excluding tert-OH is 2. The zero-order valence-electron chi connectivity index (χ0n) is 6.60. The van der Waals surface area contributed by atoms with Gasteiger partial charge in [0.2, 0.25) is 0 Å². The molecule has 4 heteroatoms. The Morgan fingerprint density at radius 1 is 1.64 bits per heavy atom. The second kappa shape index (κ2) is 3.49. The lowest BCUT2D eigenvalue weighted by molar-refractivity contribution is -0.114. The van der Waals surface area contributed by atoms with Crippen LogP contribution in [0.2, 0.25) is 0 Å². The highest BCUT2D eigenvalue weighted by Crippen LogP contribution is 2.19. The number of ether oxygens (including phenoxy) is 1. The van der Waals surface area contributed by atoms with Crippen LogP contribution in [0, 0.1) is 5.92 Å². The molecule has 0 aromatic carbocycles. The van der Waals surface area contributed by atoms with Crippen LogP contribution in [0.25, 0.3) is 0 Å². The fourth-order valence-electron chi connectivity index (χ4n) is 1.31. The number of hydrogen-bond acceptors (Lipinski definition) is 4. The van der Waals surface area contributed by atoms with Gasteiger partial charge in [0.1, 0.15) is 0 Å². The SMILES string of the molecule is C[C@@H]1C(CO)OCC(N)C1O. The first-order valence-corrected chi connectivity index (χ1v) is 3.83. The van der Waals surface area contributed by atoms with Gasteiger partial charge in [0.05, 0.1) is 31.5 Å². The van der Waals surface area contributed by atoms with Gasteiger partial charge in [0.15, 0.2) is 0 Å². The molecule has 4 N–H and O–H groups in total. The first-order valence-electron chi connectivity index (χ1n) is 3.83. The first kappa shape index (κ1) is 8.93. The van der Waals surface area contributed by atoms with Crippen molar-refractivity contribution in [2.75, 3.05) is 13.2 Å². The summed E-state index contributed by atoms with van der Waals surface area (Å²) in [5, 5.41) is 18.2. The molecule has 0 radical (unpaired) electrons. The molecule has 1 saturated heterocycles. The van der Waals surface area contributed by atoms with Crippen LogP contribution in [0.1, 0.15) is 6.92 Å². The Morgan fingerprint density at radius 2 is 2.27 bits per heavy atom. The van der Waals surface area contributed by atoms with Crippen molar-refractivity contribution in [1.29, 1.82) is 0 Å². The molecule has 0 spiro atoms. The Labute approximate surface area is 66.0 Å². The van der Waals surface area contributed by atoms with Crippen LogP contribution >= 0.6 is 0 Å². The fourth-order valence-corrected chi connectivity index (χ4v) is 1.31. The summed E-state index contributed by atoms with van der Waals surface area (Å²) in [6, 6.07) is -0.312. The van der Waals surface area contributed by atoms with Crippen LogP contribution in [-0.4, -0.2) is 41.7 Å². The molecule has 0 aromatic heterocycles. The predicted octanol–water partition coefficient (Wildman–Crippen LogP) is -1.30. The summed E-state index contributed by atoms with van der Waals surface area (Å²) < 4.78 is 5.19. The van der Waals surface area contributed by atoms with E-state index in [2.05, 4.69) is 0 Å². The maximum absolute atomic E-state index is 9.43. The quantitative estimate of drug-likeness (QED) is 0.447. The molecular formula is C7H15NO3. The van der Waals surface area contributed by atoms with E-state index >= 15 is 0 Å². The van der Waals surface area contributed by atoms with Gasteiger partial charge in [-0.25, -0.2) is 0 Å². The van der Waals surface area contributed by atoms with Crippen LogP contribution in [0.3, 0.4) is 0 Å². The summed E-state index contributed by atoms with van der Waals surface area (Å²) in [4.78, 5) is 0. The van der Waals surface area contributed by atoms with Crippen LogP contribution in [0.5, 0.6) is 0 Å². The molecular weight excluding hydrogens is 146 g/mol. The third-order valence-electron chi connectivity index (χ3n) is 2.25. The van der Waals surface area contributed by atoms with E-state index in [1.807, 2.05) is 6.92 Å². The normalized spacial score (nSPS) is 45.8. The van der Waals surface area contributed by atoms with Crippen molar-refractivity contribution >= 4 is 0 Å². The third kappa shape index (κ3) is 1.70. The van der Waals surface area contributed by atoms with Gasteiger partial charge in [-0.05, 0) is 0 Å². The molecule has 0 aliphatic carbocycles.